The number of phenols is 1. The van der Waals surface area contributed by atoms with E-state index in [-0.39, 0.29) is 30.9 Å². The average molecular weight is 507 g/mol. The highest BCUT2D eigenvalue weighted by molar-refractivity contribution is 6.55. The number of carbonyl (C=O) groups is 1. The van der Waals surface area contributed by atoms with Crippen LogP contribution >= 0.6 is 58.0 Å². The van der Waals surface area contributed by atoms with Crippen molar-refractivity contribution in [2.75, 3.05) is 13.2 Å². The first-order valence-corrected chi connectivity index (χ1v) is 9.02. The minimum absolute atomic E-state index is 0.00904. The summed E-state index contributed by atoms with van der Waals surface area (Å²) in [4.78, 5) is 9.00. The van der Waals surface area contributed by atoms with Gasteiger partial charge in [-0.1, -0.05) is 58.0 Å². The molecule has 0 saturated carbocycles. The maximum Gasteiger partial charge on any atom is 0.300 e. The van der Waals surface area contributed by atoms with Crippen LogP contribution in [0.25, 0.3) is 0 Å². The smallest absolute Gasteiger partial charge is 0.300 e. The summed E-state index contributed by atoms with van der Waals surface area (Å²) in [7, 11) is 0. The van der Waals surface area contributed by atoms with Crippen molar-refractivity contribution in [2.45, 2.75) is 31.0 Å². The summed E-state index contributed by atoms with van der Waals surface area (Å²) in [5.74, 6) is -3.36. The molecule has 0 bridgehead atoms. The van der Waals surface area contributed by atoms with Crippen molar-refractivity contribution in [3.63, 3.8) is 0 Å². The number of aliphatic hydroxyl groups excluding tert-OH is 4. The lowest BCUT2D eigenvalue weighted by atomic mass is 10.1. The number of phenolic OH excluding ortho intramolecular Hbond substituents is 1. The van der Waals surface area contributed by atoms with Crippen LogP contribution in [0.15, 0.2) is 0 Å². The molecule has 1 aromatic carbocycles. The fourth-order valence-electron chi connectivity index (χ4n) is 1.74. The second-order valence-electron chi connectivity index (χ2n) is 5.21. The second kappa shape index (κ2) is 11.8. The van der Waals surface area contributed by atoms with Crippen LogP contribution in [-0.4, -0.2) is 79.0 Å². The number of aromatic hydroxyl groups is 1. The standard InChI is InChI=1S/C6HCl5O.C6H12O6.C2H4O2/c7-1-2(8)4(10)6(12)5(11)3(1)9;7-1-3-4(9)5(10)6(11,2-8)12-3;1-2(3)4/h12H;3-5,7-11H,1-2H2;1H3,(H,3,4)/t;3-,4-,5+,6-;/m.1./s1. The van der Waals surface area contributed by atoms with Gasteiger partial charge >= 0.3 is 0 Å². The molecular weight excluding hydrogens is 489 g/mol. The number of halogens is 5. The van der Waals surface area contributed by atoms with E-state index in [2.05, 4.69) is 4.74 Å². The molecule has 9 nitrogen and oxygen atoms in total. The maximum atomic E-state index is 9.25. The molecule has 1 aliphatic heterocycles. The fraction of sp³-hybridized carbons (Fsp3) is 0.500. The minimum atomic E-state index is -2.16. The van der Waals surface area contributed by atoms with Gasteiger partial charge in [0, 0.05) is 6.92 Å². The van der Waals surface area contributed by atoms with Gasteiger partial charge in [0.25, 0.3) is 5.97 Å². The Morgan fingerprint density at radius 1 is 1.00 bits per heavy atom. The first kappa shape index (κ1) is 27.7. The van der Waals surface area contributed by atoms with Gasteiger partial charge in [0.1, 0.15) is 28.4 Å². The number of benzene rings is 1. The fourth-order valence-corrected chi connectivity index (χ4v) is 2.87. The number of ether oxygens (including phenoxy) is 1. The first-order valence-electron chi connectivity index (χ1n) is 7.13. The van der Waals surface area contributed by atoms with E-state index >= 15 is 0 Å². The Balaban J connectivity index is 0.000000439. The van der Waals surface area contributed by atoms with Gasteiger partial charge < -0.3 is 40.5 Å². The molecule has 162 valence electrons. The number of hydrogen-bond donors (Lipinski definition) is 7. The van der Waals surface area contributed by atoms with E-state index in [0.29, 0.717) is 0 Å². The van der Waals surface area contributed by atoms with Gasteiger partial charge in [0.15, 0.2) is 5.75 Å². The molecular formula is C14H17Cl5O9. The zero-order chi connectivity index (χ0) is 22.4. The number of aliphatic carboxylic acids is 1. The largest absolute Gasteiger partial charge is 0.505 e. The number of carboxylic acids is 1. The summed E-state index contributed by atoms with van der Waals surface area (Å²) >= 11 is 27.9. The van der Waals surface area contributed by atoms with Crippen LogP contribution in [0, 0.1) is 0 Å². The zero-order valence-electron chi connectivity index (χ0n) is 14.0. The van der Waals surface area contributed by atoms with E-state index < -0.39 is 43.3 Å². The highest BCUT2D eigenvalue weighted by atomic mass is 35.5. The quantitative estimate of drug-likeness (QED) is 0.232. The molecule has 28 heavy (non-hydrogen) atoms. The summed E-state index contributed by atoms with van der Waals surface area (Å²) in [6.45, 7) is -0.276. The molecule has 2 rings (SSSR count). The number of aliphatic hydroxyl groups is 5. The Morgan fingerprint density at radius 2 is 1.36 bits per heavy atom. The number of carboxylic acid groups (broad SMARTS) is 1. The lowest BCUT2D eigenvalue weighted by Crippen LogP contribution is -2.46. The van der Waals surface area contributed by atoms with Crippen molar-refractivity contribution in [2.24, 2.45) is 0 Å². The van der Waals surface area contributed by atoms with Crippen LogP contribution in [0.4, 0.5) is 0 Å². The van der Waals surface area contributed by atoms with Crippen LogP contribution in [0.2, 0.25) is 25.1 Å². The van der Waals surface area contributed by atoms with Crippen LogP contribution < -0.4 is 0 Å². The van der Waals surface area contributed by atoms with Gasteiger partial charge in [0.2, 0.25) is 5.79 Å². The third kappa shape index (κ3) is 6.89. The van der Waals surface area contributed by atoms with Crippen molar-refractivity contribution < 1.29 is 45.3 Å². The van der Waals surface area contributed by atoms with E-state index in [1.807, 2.05) is 0 Å². The zero-order valence-corrected chi connectivity index (χ0v) is 17.8. The summed E-state index contributed by atoms with van der Waals surface area (Å²) < 4.78 is 4.63. The molecule has 1 heterocycles. The molecule has 4 atom stereocenters. The highest BCUT2D eigenvalue weighted by Crippen LogP contribution is 2.47. The predicted molar refractivity (Wildman–Crippen MR) is 102 cm³/mol. The molecule has 14 heteroatoms. The Kier molecular flexibility index (Phi) is 11.6. The summed E-state index contributed by atoms with van der Waals surface area (Å²) in [6, 6.07) is 0. The topological polar surface area (TPSA) is 168 Å². The van der Waals surface area contributed by atoms with Crippen LogP contribution in [0.1, 0.15) is 6.92 Å². The summed E-state index contributed by atoms with van der Waals surface area (Å²) in [5, 5.41) is 61.1. The summed E-state index contributed by atoms with van der Waals surface area (Å²) in [5.41, 5.74) is 0. The molecule has 1 fully saturated rings. The Labute approximate surface area is 184 Å². The monoisotopic (exact) mass is 504 g/mol. The Bertz CT molecular complexity index is 581. The number of rotatable bonds is 2. The molecule has 7 N–H and O–H groups in total. The predicted octanol–water partition coefficient (Wildman–Crippen LogP) is 1.53. The molecule has 1 aliphatic rings. The maximum absolute atomic E-state index is 9.25. The van der Waals surface area contributed by atoms with Gasteiger partial charge in [-0.05, 0) is 0 Å². The Morgan fingerprint density at radius 3 is 1.61 bits per heavy atom. The lowest BCUT2D eigenvalue weighted by molar-refractivity contribution is -0.248. The van der Waals surface area contributed by atoms with Gasteiger partial charge in [0.05, 0.1) is 28.3 Å². The van der Waals surface area contributed by atoms with Crippen molar-refractivity contribution in [3.8, 4) is 5.75 Å². The molecule has 0 amide bonds. The van der Waals surface area contributed by atoms with Gasteiger partial charge in [-0.3, -0.25) is 4.79 Å². The van der Waals surface area contributed by atoms with E-state index in [1.165, 1.54) is 0 Å². The van der Waals surface area contributed by atoms with E-state index in [0.717, 1.165) is 6.92 Å². The third-order valence-corrected chi connectivity index (χ3v) is 5.37. The molecule has 0 aliphatic carbocycles. The van der Waals surface area contributed by atoms with E-state index in [1.54, 1.807) is 0 Å². The van der Waals surface area contributed by atoms with E-state index in [9.17, 15) is 10.2 Å². The SMILES string of the molecule is CC(=O)O.OC[C@H]1O[C@](O)(CO)[C@@H](O)[C@@H]1O.Oc1c(Cl)c(Cl)c(Cl)c(Cl)c1Cl. The van der Waals surface area contributed by atoms with Crippen molar-refractivity contribution in [1.82, 2.24) is 0 Å². The van der Waals surface area contributed by atoms with Gasteiger partial charge in [-0.15, -0.1) is 0 Å². The highest BCUT2D eigenvalue weighted by Gasteiger charge is 2.52. The second-order valence-corrected chi connectivity index (χ2v) is 7.10. The average Bonchev–Trinajstić information content (AvgIpc) is 2.87. The van der Waals surface area contributed by atoms with Crippen LogP contribution in [-0.2, 0) is 9.53 Å². The van der Waals surface area contributed by atoms with Crippen LogP contribution in [0.3, 0.4) is 0 Å². The minimum Gasteiger partial charge on any atom is -0.505 e. The Hall–Kier alpha value is -0.300. The first-order chi connectivity index (χ1) is 12.7. The molecule has 0 spiro atoms. The van der Waals surface area contributed by atoms with Gasteiger partial charge in [-0.2, -0.15) is 0 Å². The third-order valence-electron chi connectivity index (χ3n) is 3.12. The number of hydrogen-bond acceptors (Lipinski definition) is 8. The lowest BCUT2D eigenvalue weighted by Gasteiger charge is -2.22. The molecule has 0 radical (unpaired) electrons. The molecule has 1 saturated heterocycles. The van der Waals surface area contributed by atoms with Gasteiger partial charge in [-0.25, -0.2) is 0 Å². The molecule has 0 aromatic heterocycles. The molecule has 0 unspecified atom stereocenters. The van der Waals surface area contributed by atoms with Crippen molar-refractivity contribution in [1.29, 1.82) is 0 Å². The normalized spacial score (nSPS) is 26.0. The van der Waals surface area contributed by atoms with Crippen molar-refractivity contribution >= 4 is 64.0 Å². The van der Waals surface area contributed by atoms with E-state index in [4.69, 9.17) is 88.3 Å². The molecule has 1 aromatic rings. The van der Waals surface area contributed by atoms with Crippen molar-refractivity contribution in [3.05, 3.63) is 25.1 Å². The summed E-state index contributed by atoms with van der Waals surface area (Å²) in [6.07, 6.45) is -4.04. The van der Waals surface area contributed by atoms with Crippen LogP contribution in [0.5, 0.6) is 5.75 Å².